The van der Waals surface area contributed by atoms with Gasteiger partial charge in [-0.15, -0.1) is 0 Å². The fraction of sp³-hybridized carbons (Fsp3) is 0.733. The molecule has 118 valence electrons. The zero-order chi connectivity index (χ0) is 15.5. The largest absolute Gasteiger partial charge is 0.384 e. The van der Waals surface area contributed by atoms with E-state index in [2.05, 4.69) is 36.1 Å². The molecule has 2 heterocycles. The van der Waals surface area contributed by atoms with Crippen LogP contribution in [-0.2, 0) is 10.2 Å². The van der Waals surface area contributed by atoms with Gasteiger partial charge in [0.15, 0.2) is 0 Å². The standard InChI is InChI=1S/C15H27N5O/c1-15(2,3)14-17-12(19-16)9-13(18-14)20-7-5-11(6-8-20)10-21-4/h9,11H,5-8,10,16H2,1-4H3,(H,17,18,19). The molecule has 0 aromatic carbocycles. The molecule has 1 aliphatic heterocycles. The molecule has 1 fully saturated rings. The number of nitrogens with two attached hydrogens (primary N) is 1. The SMILES string of the molecule is COCC1CCN(c2cc(NN)nc(C(C)(C)C)n2)CC1. The predicted octanol–water partition coefficient (Wildman–Crippen LogP) is 1.92. The Morgan fingerprint density at radius 1 is 1.33 bits per heavy atom. The molecule has 0 bridgehead atoms. The van der Waals surface area contributed by atoms with Gasteiger partial charge in [-0.05, 0) is 18.8 Å². The van der Waals surface area contributed by atoms with Crippen LogP contribution in [-0.4, -0.2) is 36.8 Å². The molecule has 6 nitrogen and oxygen atoms in total. The number of nitrogens with zero attached hydrogens (tertiary/aromatic N) is 3. The number of piperidine rings is 1. The molecular weight excluding hydrogens is 266 g/mol. The Hall–Kier alpha value is -1.40. The van der Waals surface area contributed by atoms with Gasteiger partial charge in [0.1, 0.15) is 17.5 Å². The minimum absolute atomic E-state index is 0.101. The van der Waals surface area contributed by atoms with E-state index in [-0.39, 0.29) is 5.41 Å². The van der Waals surface area contributed by atoms with Crippen molar-refractivity contribution in [1.82, 2.24) is 9.97 Å². The molecule has 0 radical (unpaired) electrons. The number of hydrazine groups is 1. The normalized spacial score (nSPS) is 17.1. The highest BCUT2D eigenvalue weighted by atomic mass is 16.5. The Labute approximate surface area is 127 Å². The van der Waals surface area contributed by atoms with Gasteiger partial charge in [0.2, 0.25) is 0 Å². The van der Waals surface area contributed by atoms with Crippen molar-refractivity contribution < 1.29 is 4.74 Å². The first-order chi connectivity index (χ1) is 9.94. The lowest BCUT2D eigenvalue weighted by Crippen LogP contribution is -2.36. The van der Waals surface area contributed by atoms with E-state index >= 15 is 0 Å². The van der Waals surface area contributed by atoms with Crippen LogP contribution in [0.2, 0.25) is 0 Å². The first-order valence-corrected chi connectivity index (χ1v) is 7.54. The molecule has 0 unspecified atom stereocenters. The van der Waals surface area contributed by atoms with Crippen molar-refractivity contribution in [2.45, 2.75) is 39.0 Å². The zero-order valence-electron chi connectivity index (χ0n) is 13.5. The first-order valence-electron chi connectivity index (χ1n) is 7.54. The second-order valence-corrected chi connectivity index (χ2v) is 6.72. The maximum Gasteiger partial charge on any atom is 0.145 e. The van der Waals surface area contributed by atoms with Gasteiger partial charge in [0, 0.05) is 38.3 Å². The quantitative estimate of drug-likeness (QED) is 0.652. The molecule has 6 heteroatoms. The van der Waals surface area contributed by atoms with Gasteiger partial charge in [-0.1, -0.05) is 20.8 Å². The molecule has 0 saturated carbocycles. The summed E-state index contributed by atoms with van der Waals surface area (Å²) in [6, 6.07) is 1.92. The molecule has 1 aromatic rings. The van der Waals surface area contributed by atoms with E-state index in [4.69, 9.17) is 15.6 Å². The average Bonchev–Trinajstić information content (AvgIpc) is 2.47. The van der Waals surface area contributed by atoms with Crippen LogP contribution in [0, 0.1) is 5.92 Å². The van der Waals surface area contributed by atoms with Gasteiger partial charge in [0.05, 0.1) is 0 Å². The minimum atomic E-state index is -0.101. The van der Waals surface area contributed by atoms with E-state index in [1.807, 2.05) is 6.07 Å². The molecule has 0 amide bonds. The highest BCUT2D eigenvalue weighted by Crippen LogP contribution is 2.27. The maximum atomic E-state index is 5.55. The van der Waals surface area contributed by atoms with Gasteiger partial charge in [-0.25, -0.2) is 15.8 Å². The number of methoxy groups -OCH3 is 1. The van der Waals surface area contributed by atoms with Crippen LogP contribution in [0.25, 0.3) is 0 Å². The molecule has 0 aliphatic carbocycles. The predicted molar refractivity (Wildman–Crippen MR) is 85.4 cm³/mol. The first kappa shape index (κ1) is 16.0. The Bertz CT molecular complexity index is 464. The van der Waals surface area contributed by atoms with Crippen LogP contribution in [0.3, 0.4) is 0 Å². The van der Waals surface area contributed by atoms with Crippen molar-refractivity contribution in [3.05, 3.63) is 11.9 Å². The fourth-order valence-corrected chi connectivity index (χ4v) is 2.57. The lowest BCUT2D eigenvalue weighted by atomic mass is 9.95. The number of hydrogen-bond donors (Lipinski definition) is 2. The van der Waals surface area contributed by atoms with Crippen LogP contribution < -0.4 is 16.2 Å². The lowest BCUT2D eigenvalue weighted by Gasteiger charge is -2.33. The van der Waals surface area contributed by atoms with Crippen molar-refractivity contribution in [3.63, 3.8) is 0 Å². The van der Waals surface area contributed by atoms with Crippen LogP contribution in [0.5, 0.6) is 0 Å². The van der Waals surface area contributed by atoms with E-state index < -0.39 is 0 Å². The van der Waals surface area contributed by atoms with E-state index in [9.17, 15) is 0 Å². The zero-order valence-corrected chi connectivity index (χ0v) is 13.5. The van der Waals surface area contributed by atoms with Crippen molar-refractivity contribution in [1.29, 1.82) is 0 Å². The van der Waals surface area contributed by atoms with Crippen molar-refractivity contribution in [2.24, 2.45) is 11.8 Å². The molecule has 3 N–H and O–H groups in total. The molecule has 1 aromatic heterocycles. The number of nitrogens with one attached hydrogen (secondary N) is 1. The Balaban J connectivity index is 2.16. The summed E-state index contributed by atoms with van der Waals surface area (Å²) < 4.78 is 5.25. The summed E-state index contributed by atoms with van der Waals surface area (Å²) in [5.41, 5.74) is 2.55. The number of aromatic nitrogens is 2. The summed E-state index contributed by atoms with van der Waals surface area (Å²) in [6.45, 7) is 9.17. The van der Waals surface area contributed by atoms with E-state index in [1.165, 1.54) is 0 Å². The maximum absolute atomic E-state index is 5.55. The number of anilines is 2. The van der Waals surface area contributed by atoms with E-state index in [0.717, 1.165) is 44.2 Å². The number of nitrogen functional groups attached to an aromatic ring is 1. The highest BCUT2D eigenvalue weighted by Gasteiger charge is 2.24. The van der Waals surface area contributed by atoms with Crippen LogP contribution in [0.4, 0.5) is 11.6 Å². The second-order valence-electron chi connectivity index (χ2n) is 6.72. The Morgan fingerprint density at radius 3 is 2.52 bits per heavy atom. The molecule has 0 spiro atoms. The van der Waals surface area contributed by atoms with Gasteiger partial charge in [0.25, 0.3) is 0 Å². The summed E-state index contributed by atoms with van der Waals surface area (Å²) in [5, 5.41) is 0. The summed E-state index contributed by atoms with van der Waals surface area (Å²) >= 11 is 0. The van der Waals surface area contributed by atoms with Crippen LogP contribution in [0.15, 0.2) is 6.07 Å². The molecular formula is C15H27N5O. The van der Waals surface area contributed by atoms with E-state index in [1.54, 1.807) is 7.11 Å². The minimum Gasteiger partial charge on any atom is -0.384 e. The summed E-state index contributed by atoms with van der Waals surface area (Å²) in [5.74, 6) is 8.64. The summed E-state index contributed by atoms with van der Waals surface area (Å²) in [4.78, 5) is 11.5. The molecule has 1 saturated heterocycles. The van der Waals surface area contributed by atoms with Gasteiger partial charge < -0.3 is 15.1 Å². The topological polar surface area (TPSA) is 76.3 Å². The molecule has 21 heavy (non-hydrogen) atoms. The van der Waals surface area contributed by atoms with Gasteiger partial charge in [-0.2, -0.15) is 0 Å². The molecule has 2 rings (SSSR count). The van der Waals surface area contributed by atoms with Gasteiger partial charge in [-0.3, -0.25) is 0 Å². The molecule has 1 aliphatic rings. The number of ether oxygens (including phenoxy) is 1. The number of rotatable bonds is 4. The average molecular weight is 293 g/mol. The molecule has 0 atom stereocenters. The smallest absolute Gasteiger partial charge is 0.145 e. The third-order valence-electron chi connectivity index (χ3n) is 3.87. The van der Waals surface area contributed by atoms with Gasteiger partial charge >= 0.3 is 0 Å². The summed E-state index contributed by atoms with van der Waals surface area (Å²) in [6.07, 6.45) is 2.27. The third-order valence-corrected chi connectivity index (χ3v) is 3.87. The highest BCUT2D eigenvalue weighted by molar-refractivity contribution is 5.49. The monoisotopic (exact) mass is 293 g/mol. The second kappa shape index (κ2) is 6.58. The number of hydrogen-bond acceptors (Lipinski definition) is 6. The fourth-order valence-electron chi connectivity index (χ4n) is 2.57. The van der Waals surface area contributed by atoms with Crippen LogP contribution in [0.1, 0.15) is 39.4 Å². The summed E-state index contributed by atoms with van der Waals surface area (Å²) in [7, 11) is 1.77. The van der Waals surface area contributed by atoms with Crippen molar-refractivity contribution in [3.8, 4) is 0 Å². The van der Waals surface area contributed by atoms with Crippen molar-refractivity contribution >= 4 is 11.6 Å². The van der Waals surface area contributed by atoms with Crippen molar-refractivity contribution in [2.75, 3.05) is 37.1 Å². The third kappa shape index (κ3) is 4.04. The van der Waals surface area contributed by atoms with E-state index in [0.29, 0.717) is 11.7 Å². The Kier molecular flexibility index (Phi) is 5.00. The van der Waals surface area contributed by atoms with Crippen LogP contribution >= 0.6 is 0 Å². The Morgan fingerprint density at radius 2 is 2.00 bits per heavy atom. The lowest BCUT2D eigenvalue weighted by molar-refractivity contribution is 0.139.